The van der Waals surface area contributed by atoms with Gasteiger partial charge in [0.15, 0.2) is 11.4 Å². The minimum atomic E-state index is -2.86. The highest BCUT2D eigenvalue weighted by Crippen LogP contribution is 2.35. The number of para-hydroxylation sites is 1. The lowest BCUT2D eigenvalue weighted by Gasteiger charge is -2.31. The van der Waals surface area contributed by atoms with Gasteiger partial charge in [0.05, 0.1) is 22.8 Å². The van der Waals surface area contributed by atoms with E-state index < -0.39 is 30.0 Å². The second-order valence-corrected chi connectivity index (χ2v) is 15.6. The maximum Gasteiger partial charge on any atom is 0.329 e. The normalized spacial score (nSPS) is 18.6. The van der Waals surface area contributed by atoms with Crippen LogP contribution in [-0.2, 0) is 34.2 Å². The third-order valence-corrected chi connectivity index (χ3v) is 11.4. The molecule has 1 aliphatic heterocycles. The van der Waals surface area contributed by atoms with E-state index in [1.807, 2.05) is 31.2 Å². The van der Waals surface area contributed by atoms with Gasteiger partial charge >= 0.3 is 5.69 Å². The van der Waals surface area contributed by atoms with Gasteiger partial charge < -0.3 is 19.4 Å². The number of hydrogen-bond donors (Lipinski definition) is 2. The standard InChI is InChI=1S/C42H51F2N9O6/c1-4-29-22-28(17-18-45-29)41-47-32(25-59-41)39(55)46-31-24-52(49-36(31)38(43)44)30-13-11-26(12-14-30)23-50(2)19-7-21-58-20-6-9-27-8-5-10-33-37(27)51(3)42(57)53(33)34-15-16-35(54)48-40(34)56/h5,8,10,17-18,22,24-26,30,34,38H,4,6-7,9,11-16,19-21,23H2,1-3H3,(H,46,55)(H,48,54,56). The summed E-state index contributed by atoms with van der Waals surface area (Å²) in [5, 5.41) is 9.13. The van der Waals surface area contributed by atoms with Crippen LogP contribution in [0.3, 0.4) is 0 Å². The number of pyridine rings is 1. The smallest absolute Gasteiger partial charge is 0.329 e. The molecular formula is C42H51F2N9O6. The van der Waals surface area contributed by atoms with Crippen LogP contribution in [0.4, 0.5) is 14.5 Å². The number of aromatic nitrogens is 6. The number of alkyl halides is 2. The Morgan fingerprint density at radius 2 is 1.90 bits per heavy atom. The molecule has 4 aromatic heterocycles. The Morgan fingerprint density at radius 1 is 1.10 bits per heavy atom. The number of nitrogens with zero attached hydrogens (tertiary/aromatic N) is 7. The fourth-order valence-corrected chi connectivity index (χ4v) is 8.33. The number of oxazole rings is 1. The molecule has 1 aromatic carbocycles. The molecule has 1 unspecified atom stereocenters. The van der Waals surface area contributed by atoms with Crippen molar-refractivity contribution in [3.63, 3.8) is 0 Å². The number of hydrogen-bond acceptors (Lipinski definition) is 10. The average molecular weight is 816 g/mol. The first-order valence-electron chi connectivity index (χ1n) is 20.4. The van der Waals surface area contributed by atoms with Gasteiger partial charge in [-0.05, 0) is 94.5 Å². The molecule has 1 saturated carbocycles. The zero-order valence-corrected chi connectivity index (χ0v) is 33.7. The maximum atomic E-state index is 14.1. The topological polar surface area (TPSA) is 171 Å². The molecule has 5 aromatic rings. The number of piperidine rings is 1. The quantitative estimate of drug-likeness (QED) is 0.0836. The van der Waals surface area contributed by atoms with Gasteiger partial charge in [-0.25, -0.2) is 18.6 Å². The lowest BCUT2D eigenvalue weighted by Crippen LogP contribution is -2.44. The predicted octanol–water partition coefficient (Wildman–Crippen LogP) is 6.02. The van der Waals surface area contributed by atoms with Crippen molar-refractivity contribution in [1.82, 2.24) is 39.1 Å². The fraction of sp³-hybridized carbons (Fsp3) is 0.500. The summed E-state index contributed by atoms with van der Waals surface area (Å²) in [6, 6.07) is 8.52. The summed E-state index contributed by atoms with van der Waals surface area (Å²) in [5.74, 6) is -0.713. The molecule has 59 heavy (non-hydrogen) atoms. The summed E-state index contributed by atoms with van der Waals surface area (Å²) in [6.45, 7) is 4.98. The highest BCUT2D eigenvalue weighted by molar-refractivity contribution is 6.03. The van der Waals surface area contributed by atoms with Crippen LogP contribution in [0.15, 0.2) is 58.2 Å². The molecule has 5 heterocycles. The first-order valence-corrected chi connectivity index (χ1v) is 20.4. The number of halogens is 2. The monoisotopic (exact) mass is 815 g/mol. The number of fused-ring (bicyclic) bond motifs is 1. The molecule has 7 rings (SSSR count). The molecule has 1 aliphatic carbocycles. The van der Waals surface area contributed by atoms with Crippen molar-refractivity contribution in [2.45, 2.75) is 89.6 Å². The van der Waals surface area contributed by atoms with Gasteiger partial charge in [0.25, 0.3) is 12.3 Å². The number of imidazole rings is 1. The summed E-state index contributed by atoms with van der Waals surface area (Å²) in [6.07, 6.45) is 8.51. The number of aryl methyl sites for hydroxylation is 3. The lowest BCUT2D eigenvalue weighted by molar-refractivity contribution is -0.135. The van der Waals surface area contributed by atoms with Crippen LogP contribution in [0.2, 0.25) is 0 Å². The van der Waals surface area contributed by atoms with Crippen molar-refractivity contribution in [2.75, 3.05) is 38.7 Å². The van der Waals surface area contributed by atoms with Crippen molar-refractivity contribution in [2.24, 2.45) is 13.0 Å². The maximum absolute atomic E-state index is 14.1. The van der Waals surface area contributed by atoms with E-state index in [1.54, 1.807) is 28.6 Å². The zero-order valence-electron chi connectivity index (χ0n) is 33.7. The molecule has 17 heteroatoms. The average Bonchev–Trinajstić information content (AvgIpc) is 3.95. The van der Waals surface area contributed by atoms with Crippen LogP contribution < -0.4 is 16.3 Å². The summed E-state index contributed by atoms with van der Waals surface area (Å²) < 4.78 is 44.3. The Balaban J connectivity index is 0.825. The van der Waals surface area contributed by atoms with Gasteiger partial charge in [-0.3, -0.25) is 38.5 Å². The molecule has 2 N–H and O–H groups in total. The second kappa shape index (κ2) is 18.6. The zero-order chi connectivity index (χ0) is 41.6. The van der Waals surface area contributed by atoms with Crippen LogP contribution in [-0.4, -0.2) is 84.9 Å². The molecule has 0 radical (unpaired) electrons. The van der Waals surface area contributed by atoms with Gasteiger partial charge in [-0.2, -0.15) is 5.10 Å². The summed E-state index contributed by atoms with van der Waals surface area (Å²) in [4.78, 5) is 61.3. The van der Waals surface area contributed by atoms with Gasteiger partial charge in [-0.15, -0.1) is 0 Å². The van der Waals surface area contributed by atoms with Crippen molar-refractivity contribution < 1.29 is 32.3 Å². The number of ether oxygens (including phenoxy) is 1. The Morgan fingerprint density at radius 3 is 2.66 bits per heavy atom. The van der Waals surface area contributed by atoms with Crippen LogP contribution >= 0.6 is 0 Å². The number of anilines is 1. The molecule has 3 amide bonds. The molecule has 0 spiro atoms. The largest absolute Gasteiger partial charge is 0.444 e. The first kappa shape index (κ1) is 41.6. The minimum absolute atomic E-state index is 0.0273. The molecule has 2 aliphatic rings. The highest BCUT2D eigenvalue weighted by Gasteiger charge is 2.32. The lowest BCUT2D eigenvalue weighted by atomic mass is 9.86. The summed E-state index contributed by atoms with van der Waals surface area (Å²) >= 11 is 0. The number of amides is 3. The third-order valence-electron chi connectivity index (χ3n) is 11.4. The molecule has 1 atom stereocenters. The summed E-state index contributed by atoms with van der Waals surface area (Å²) in [5.41, 5.74) is 3.18. The van der Waals surface area contributed by atoms with E-state index in [0.717, 1.165) is 74.8 Å². The first-order chi connectivity index (χ1) is 28.5. The molecule has 2 fully saturated rings. The Labute approximate surface area is 340 Å². The molecule has 0 bridgehead atoms. The Bertz CT molecular complexity index is 2340. The number of carbonyl (C=O) groups is 3. The van der Waals surface area contributed by atoms with Crippen LogP contribution in [0.5, 0.6) is 0 Å². The van der Waals surface area contributed by atoms with Crippen LogP contribution in [0, 0.1) is 5.92 Å². The number of imide groups is 1. The third kappa shape index (κ3) is 9.51. The number of carbonyl (C=O) groups excluding carboxylic acids is 3. The molecule has 314 valence electrons. The molecule has 15 nitrogen and oxygen atoms in total. The van der Waals surface area contributed by atoms with Crippen molar-refractivity contribution in [1.29, 1.82) is 0 Å². The predicted molar refractivity (Wildman–Crippen MR) is 215 cm³/mol. The van der Waals surface area contributed by atoms with Crippen molar-refractivity contribution in [3.05, 3.63) is 82.1 Å². The number of nitrogens with one attached hydrogen (secondary N) is 2. The van der Waals surface area contributed by atoms with E-state index in [4.69, 9.17) is 9.15 Å². The van der Waals surface area contributed by atoms with Crippen LogP contribution in [0.25, 0.3) is 22.5 Å². The highest BCUT2D eigenvalue weighted by atomic mass is 19.3. The second-order valence-electron chi connectivity index (χ2n) is 15.6. The van der Waals surface area contributed by atoms with E-state index in [2.05, 4.69) is 37.6 Å². The number of benzene rings is 1. The summed E-state index contributed by atoms with van der Waals surface area (Å²) in [7, 11) is 3.81. The minimum Gasteiger partial charge on any atom is -0.444 e. The van der Waals surface area contributed by atoms with E-state index in [9.17, 15) is 28.0 Å². The van der Waals surface area contributed by atoms with E-state index in [-0.39, 0.29) is 41.3 Å². The van der Waals surface area contributed by atoms with E-state index in [1.165, 1.54) is 17.0 Å². The van der Waals surface area contributed by atoms with Gasteiger partial charge in [0.1, 0.15) is 12.3 Å². The van der Waals surface area contributed by atoms with E-state index >= 15 is 0 Å². The van der Waals surface area contributed by atoms with Gasteiger partial charge in [-0.1, -0.05) is 19.1 Å². The van der Waals surface area contributed by atoms with Gasteiger partial charge in [0.2, 0.25) is 17.7 Å². The Hall–Kier alpha value is -5.55. The SMILES string of the molecule is CCc1cc(-c2nc(C(=O)Nc3cn(C4CCC(CN(C)CCCOCCCc5cccc6c5n(C)c(=O)n6C5CCC(=O)NC5=O)CC4)nc3C(F)F)co2)ccn1. The van der Waals surface area contributed by atoms with Crippen molar-refractivity contribution in [3.8, 4) is 11.5 Å². The van der Waals surface area contributed by atoms with Crippen LogP contribution in [0.1, 0.15) is 104 Å². The number of rotatable bonds is 17. The molecular weight excluding hydrogens is 765 g/mol. The van der Waals surface area contributed by atoms with Crippen molar-refractivity contribution >= 4 is 34.4 Å². The molecule has 1 saturated heterocycles. The van der Waals surface area contributed by atoms with Gasteiger partial charge in [0, 0.05) is 63.4 Å². The van der Waals surface area contributed by atoms with E-state index in [0.29, 0.717) is 43.1 Å². The fourth-order valence-electron chi connectivity index (χ4n) is 8.33. The Kier molecular flexibility index (Phi) is 13.1.